The summed E-state index contributed by atoms with van der Waals surface area (Å²) in [6.07, 6.45) is 3.40. The summed E-state index contributed by atoms with van der Waals surface area (Å²) in [6, 6.07) is 17.8. The SMILES string of the molecule is CCCCN(Cc1cc(CC)cc(N2Nc3cc(Cl)ccc3N2C(=O)c2ccccc2)c1O)C(=O)CCC=O. The Balaban J connectivity index is 1.77. The Labute approximate surface area is 233 Å². The maximum Gasteiger partial charge on any atom is 0.278 e. The molecule has 0 spiro atoms. The van der Waals surface area contributed by atoms with Crippen LogP contribution in [0.4, 0.5) is 17.1 Å². The molecule has 9 heteroatoms. The standard InChI is InChI=1S/C30H33ClN4O4/c1-3-5-15-33(28(37)12-9-16-36)20-23-17-21(4-2)18-27(29(23)38)35-32-25-19-24(31)13-14-26(25)34(35)30(39)22-10-7-6-8-11-22/h6-8,10-11,13-14,16-19,32,38H,3-5,9,12,15,20H2,1-2H3. The fraction of sp³-hybridized carbons (Fsp3) is 0.300. The highest BCUT2D eigenvalue weighted by Gasteiger charge is 2.35. The largest absolute Gasteiger partial charge is 0.505 e. The number of hydrogen-bond acceptors (Lipinski definition) is 6. The summed E-state index contributed by atoms with van der Waals surface area (Å²) in [4.78, 5) is 39.2. The van der Waals surface area contributed by atoms with Crippen LogP contribution in [0.15, 0.2) is 60.7 Å². The molecule has 1 aliphatic rings. The number of aldehydes is 1. The van der Waals surface area contributed by atoms with Crippen LogP contribution in [-0.4, -0.2) is 34.7 Å². The molecule has 0 radical (unpaired) electrons. The highest BCUT2D eigenvalue weighted by molar-refractivity contribution is 6.31. The normalized spacial score (nSPS) is 12.2. The van der Waals surface area contributed by atoms with E-state index in [1.54, 1.807) is 47.4 Å². The van der Waals surface area contributed by atoms with Crippen molar-refractivity contribution in [3.8, 4) is 5.75 Å². The summed E-state index contributed by atoms with van der Waals surface area (Å²) < 4.78 is 0. The van der Waals surface area contributed by atoms with Crippen LogP contribution in [0.2, 0.25) is 5.02 Å². The summed E-state index contributed by atoms with van der Waals surface area (Å²) in [5.74, 6) is -0.476. The van der Waals surface area contributed by atoms with Gasteiger partial charge in [0.1, 0.15) is 17.7 Å². The van der Waals surface area contributed by atoms with Crippen LogP contribution < -0.4 is 15.6 Å². The predicted octanol–water partition coefficient (Wildman–Crippen LogP) is 6.12. The lowest BCUT2D eigenvalue weighted by Gasteiger charge is -2.31. The van der Waals surface area contributed by atoms with Gasteiger partial charge in [-0.15, -0.1) is 0 Å². The van der Waals surface area contributed by atoms with E-state index < -0.39 is 0 Å². The zero-order valence-electron chi connectivity index (χ0n) is 22.2. The number of fused-ring (bicyclic) bond motifs is 1. The molecule has 0 bridgehead atoms. The molecule has 2 amide bonds. The first-order valence-corrected chi connectivity index (χ1v) is 13.6. The van der Waals surface area contributed by atoms with E-state index in [2.05, 4.69) is 5.43 Å². The highest BCUT2D eigenvalue weighted by Crippen LogP contribution is 2.43. The van der Waals surface area contributed by atoms with Crippen molar-refractivity contribution in [2.75, 3.05) is 22.1 Å². The fourth-order valence-corrected chi connectivity index (χ4v) is 4.71. The van der Waals surface area contributed by atoms with Gasteiger partial charge >= 0.3 is 0 Å². The van der Waals surface area contributed by atoms with E-state index in [0.29, 0.717) is 46.2 Å². The number of carbonyl (C=O) groups is 3. The van der Waals surface area contributed by atoms with Gasteiger partial charge < -0.3 is 14.8 Å². The van der Waals surface area contributed by atoms with Gasteiger partial charge in [-0.05, 0) is 54.8 Å². The van der Waals surface area contributed by atoms with Crippen molar-refractivity contribution in [2.45, 2.75) is 52.5 Å². The maximum absolute atomic E-state index is 13.8. The Kier molecular flexibility index (Phi) is 9.09. The van der Waals surface area contributed by atoms with Crippen LogP contribution in [0.3, 0.4) is 0 Å². The molecular weight excluding hydrogens is 516 g/mol. The molecule has 0 atom stereocenters. The van der Waals surface area contributed by atoms with Crippen molar-refractivity contribution >= 4 is 46.8 Å². The summed E-state index contributed by atoms with van der Waals surface area (Å²) in [5.41, 5.74) is 6.76. The lowest BCUT2D eigenvalue weighted by molar-refractivity contribution is -0.132. The Morgan fingerprint density at radius 1 is 1.05 bits per heavy atom. The molecule has 3 aromatic rings. The van der Waals surface area contributed by atoms with E-state index in [-0.39, 0.29) is 37.0 Å². The Bertz CT molecular complexity index is 1350. The molecule has 1 aliphatic heterocycles. The van der Waals surface area contributed by atoms with Crippen molar-refractivity contribution < 1.29 is 19.5 Å². The van der Waals surface area contributed by atoms with Gasteiger partial charge in [0, 0.05) is 42.1 Å². The second-order valence-electron chi connectivity index (χ2n) is 9.42. The summed E-state index contributed by atoms with van der Waals surface area (Å²) in [7, 11) is 0. The Morgan fingerprint density at radius 2 is 1.82 bits per heavy atom. The molecular formula is C30H33ClN4O4. The van der Waals surface area contributed by atoms with E-state index in [0.717, 1.165) is 24.7 Å². The molecule has 3 aromatic carbocycles. The summed E-state index contributed by atoms with van der Waals surface area (Å²) in [5, 5.41) is 15.1. The van der Waals surface area contributed by atoms with Crippen molar-refractivity contribution in [2.24, 2.45) is 0 Å². The molecule has 1 heterocycles. The van der Waals surface area contributed by atoms with Gasteiger partial charge in [-0.2, -0.15) is 10.1 Å². The number of carbonyl (C=O) groups excluding carboxylic acids is 3. The van der Waals surface area contributed by atoms with Crippen LogP contribution in [0.1, 0.15) is 61.0 Å². The number of aromatic hydroxyl groups is 1. The van der Waals surface area contributed by atoms with Crippen molar-refractivity contribution in [1.29, 1.82) is 0 Å². The molecule has 0 unspecified atom stereocenters. The number of hydrazine groups is 2. The number of rotatable bonds is 11. The average molecular weight is 549 g/mol. The van der Waals surface area contributed by atoms with Gasteiger partial charge in [0.25, 0.3) is 5.91 Å². The molecule has 0 saturated heterocycles. The minimum Gasteiger partial charge on any atom is -0.505 e. The number of nitrogens with zero attached hydrogens (tertiary/aromatic N) is 3. The molecule has 0 aliphatic carbocycles. The number of hydrogen-bond donors (Lipinski definition) is 2. The van der Waals surface area contributed by atoms with Crippen LogP contribution >= 0.6 is 11.6 Å². The third-order valence-electron chi connectivity index (χ3n) is 6.66. The van der Waals surface area contributed by atoms with Gasteiger partial charge in [0.15, 0.2) is 0 Å². The molecule has 0 aromatic heterocycles. The predicted molar refractivity (Wildman–Crippen MR) is 154 cm³/mol. The number of anilines is 3. The van der Waals surface area contributed by atoms with Crippen LogP contribution in [0.5, 0.6) is 5.75 Å². The number of nitrogens with one attached hydrogen (secondary N) is 1. The fourth-order valence-electron chi connectivity index (χ4n) is 4.54. The van der Waals surface area contributed by atoms with Gasteiger partial charge in [0.2, 0.25) is 5.91 Å². The summed E-state index contributed by atoms with van der Waals surface area (Å²) >= 11 is 6.26. The van der Waals surface area contributed by atoms with Gasteiger partial charge in [-0.3, -0.25) is 15.0 Å². The lowest BCUT2D eigenvalue weighted by Crippen LogP contribution is -2.46. The third kappa shape index (κ3) is 6.17. The van der Waals surface area contributed by atoms with E-state index in [9.17, 15) is 19.5 Å². The number of benzene rings is 3. The second-order valence-corrected chi connectivity index (χ2v) is 9.85. The molecule has 204 valence electrons. The van der Waals surface area contributed by atoms with Crippen LogP contribution in [0.25, 0.3) is 0 Å². The average Bonchev–Trinajstić information content (AvgIpc) is 3.32. The molecule has 0 saturated carbocycles. The zero-order chi connectivity index (χ0) is 27.9. The van der Waals surface area contributed by atoms with E-state index in [4.69, 9.17) is 11.6 Å². The number of unbranched alkanes of at least 4 members (excludes halogenated alkanes) is 1. The molecule has 4 rings (SSSR count). The molecule has 0 fully saturated rings. The molecule has 2 N–H and O–H groups in total. The van der Waals surface area contributed by atoms with Gasteiger partial charge in [-0.25, -0.2) is 0 Å². The summed E-state index contributed by atoms with van der Waals surface area (Å²) in [6.45, 7) is 4.75. The number of amides is 2. The Morgan fingerprint density at radius 3 is 2.51 bits per heavy atom. The van der Waals surface area contributed by atoms with Crippen LogP contribution in [0, 0.1) is 0 Å². The van der Waals surface area contributed by atoms with E-state index >= 15 is 0 Å². The van der Waals surface area contributed by atoms with E-state index in [1.807, 2.05) is 32.0 Å². The van der Waals surface area contributed by atoms with Crippen LogP contribution in [-0.2, 0) is 22.6 Å². The molecule has 8 nitrogen and oxygen atoms in total. The first-order chi connectivity index (χ1) is 18.9. The number of phenolic OH excluding ortho intramolecular Hbond substituents is 1. The topological polar surface area (TPSA) is 93.2 Å². The first-order valence-electron chi connectivity index (χ1n) is 13.2. The zero-order valence-corrected chi connectivity index (χ0v) is 22.9. The minimum atomic E-state index is -0.291. The van der Waals surface area contributed by atoms with Gasteiger partial charge in [-0.1, -0.05) is 56.1 Å². The first kappa shape index (κ1) is 28.0. The monoisotopic (exact) mass is 548 g/mol. The second kappa shape index (κ2) is 12.7. The smallest absolute Gasteiger partial charge is 0.278 e. The third-order valence-corrected chi connectivity index (χ3v) is 6.90. The Hall–Kier alpha value is -4.04. The maximum atomic E-state index is 13.8. The number of phenols is 1. The van der Waals surface area contributed by atoms with Crippen molar-refractivity contribution in [3.05, 3.63) is 82.4 Å². The minimum absolute atomic E-state index is 0.0471. The number of halogens is 1. The quantitative estimate of drug-likeness (QED) is 0.280. The van der Waals surface area contributed by atoms with Crippen molar-refractivity contribution in [3.63, 3.8) is 0 Å². The van der Waals surface area contributed by atoms with E-state index in [1.165, 1.54) is 10.1 Å². The van der Waals surface area contributed by atoms with Crippen molar-refractivity contribution in [1.82, 2.24) is 4.90 Å². The number of aryl methyl sites for hydroxylation is 1. The molecule has 39 heavy (non-hydrogen) atoms. The lowest BCUT2D eigenvalue weighted by atomic mass is 10.0. The highest BCUT2D eigenvalue weighted by atomic mass is 35.5. The van der Waals surface area contributed by atoms with Gasteiger partial charge in [0.05, 0.1) is 11.4 Å².